The van der Waals surface area contributed by atoms with Gasteiger partial charge >= 0.3 is 0 Å². The summed E-state index contributed by atoms with van der Waals surface area (Å²) in [6.07, 6.45) is 0. The molecule has 1 heterocycles. The molecule has 0 aromatic heterocycles. The molecule has 144 valence electrons. The summed E-state index contributed by atoms with van der Waals surface area (Å²) >= 11 is 6.14. The molecule has 0 saturated carbocycles. The number of hydrogen-bond donors (Lipinski definition) is 1. The Balaban J connectivity index is 1.54. The third-order valence-corrected chi connectivity index (χ3v) is 6.70. The van der Waals surface area contributed by atoms with E-state index in [4.69, 9.17) is 11.6 Å². The van der Waals surface area contributed by atoms with E-state index in [9.17, 15) is 13.2 Å². The quantitative estimate of drug-likeness (QED) is 0.827. The Bertz CT molecular complexity index is 911. The number of nitrogens with zero attached hydrogens (tertiary/aromatic N) is 2. The lowest BCUT2D eigenvalue weighted by Gasteiger charge is -2.33. The number of piperazine rings is 1. The molecule has 2 aromatic rings. The number of carbonyl (C=O) groups is 1. The van der Waals surface area contributed by atoms with Crippen LogP contribution in [0, 0.1) is 6.92 Å². The van der Waals surface area contributed by atoms with Gasteiger partial charge in [0.2, 0.25) is 15.9 Å². The molecule has 6 nitrogen and oxygen atoms in total. The maximum Gasteiger partial charge on any atom is 0.243 e. The molecule has 27 heavy (non-hydrogen) atoms. The van der Waals surface area contributed by atoms with Gasteiger partial charge in [-0.25, -0.2) is 8.42 Å². The largest absolute Gasteiger partial charge is 0.324 e. The lowest BCUT2D eigenvalue weighted by molar-refractivity contribution is -0.117. The minimum absolute atomic E-state index is 0.167. The summed E-state index contributed by atoms with van der Waals surface area (Å²) < 4.78 is 26.7. The molecule has 2 aromatic carbocycles. The minimum atomic E-state index is -3.48. The van der Waals surface area contributed by atoms with Gasteiger partial charge in [-0.15, -0.1) is 0 Å². The van der Waals surface area contributed by atoms with E-state index in [1.807, 2.05) is 17.9 Å². The van der Waals surface area contributed by atoms with Gasteiger partial charge in [-0.05, 0) is 36.8 Å². The number of carbonyl (C=O) groups excluding carboxylic acids is 1. The molecule has 0 bridgehead atoms. The first-order valence-corrected chi connectivity index (χ1v) is 10.5. The van der Waals surface area contributed by atoms with Gasteiger partial charge in [-0.3, -0.25) is 9.69 Å². The van der Waals surface area contributed by atoms with Crippen LogP contribution in [-0.2, 0) is 14.8 Å². The van der Waals surface area contributed by atoms with Gasteiger partial charge in [-0.2, -0.15) is 4.31 Å². The van der Waals surface area contributed by atoms with Crippen LogP contribution in [0.5, 0.6) is 0 Å². The zero-order valence-electron chi connectivity index (χ0n) is 15.1. The standard InChI is InChI=1S/C19H22ClN3O3S/c1-15-7-8-18(17(20)13-15)21-19(24)14-22-9-11-23(12-10-22)27(25,26)16-5-3-2-4-6-16/h2-8,13H,9-12,14H2,1H3,(H,21,24). The summed E-state index contributed by atoms with van der Waals surface area (Å²) in [5, 5.41) is 3.31. The van der Waals surface area contributed by atoms with Crippen LogP contribution in [0.2, 0.25) is 5.02 Å². The minimum Gasteiger partial charge on any atom is -0.324 e. The number of aryl methyl sites for hydroxylation is 1. The van der Waals surface area contributed by atoms with Crippen molar-refractivity contribution < 1.29 is 13.2 Å². The van der Waals surface area contributed by atoms with Gasteiger partial charge < -0.3 is 5.32 Å². The Kier molecular flexibility index (Phi) is 6.16. The summed E-state index contributed by atoms with van der Waals surface area (Å²) in [6.45, 7) is 3.84. The van der Waals surface area contributed by atoms with Crippen LogP contribution in [0.4, 0.5) is 5.69 Å². The van der Waals surface area contributed by atoms with Crippen molar-refractivity contribution in [3.05, 3.63) is 59.1 Å². The fraction of sp³-hybridized carbons (Fsp3) is 0.316. The Hall–Kier alpha value is -1.93. The van der Waals surface area contributed by atoms with Crippen molar-refractivity contribution in [1.82, 2.24) is 9.21 Å². The molecular formula is C19H22ClN3O3S. The maximum absolute atomic E-state index is 12.6. The summed E-state index contributed by atoms with van der Waals surface area (Å²) in [7, 11) is -3.48. The molecule has 1 aliphatic rings. The molecule has 0 aliphatic carbocycles. The van der Waals surface area contributed by atoms with E-state index in [0.29, 0.717) is 41.8 Å². The molecule has 1 aliphatic heterocycles. The smallest absolute Gasteiger partial charge is 0.243 e. The number of benzene rings is 2. The third-order valence-electron chi connectivity index (χ3n) is 4.48. The predicted octanol–water partition coefficient (Wildman–Crippen LogP) is 2.59. The van der Waals surface area contributed by atoms with Gasteiger partial charge in [0.25, 0.3) is 0 Å². The second-order valence-electron chi connectivity index (χ2n) is 6.52. The van der Waals surface area contributed by atoms with E-state index in [2.05, 4.69) is 5.32 Å². The van der Waals surface area contributed by atoms with Crippen molar-refractivity contribution in [1.29, 1.82) is 0 Å². The van der Waals surface area contributed by atoms with Gasteiger partial charge in [0, 0.05) is 26.2 Å². The molecule has 0 atom stereocenters. The van der Waals surface area contributed by atoms with Crippen molar-refractivity contribution in [2.45, 2.75) is 11.8 Å². The zero-order chi connectivity index (χ0) is 19.4. The van der Waals surface area contributed by atoms with Crippen LogP contribution in [0.3, 0.4) is 0 Å². The summed E-state index contributed by atoms with van der Waals surface area (Å²) in [5.41, 5.74) is 1.60. The highest BCUT2D eigenvalue weighted by Crippen LogP contribution is 2.23. The molecule has 0 unspecified atom stereocenters. The van der Waals surface area contributed by atoms with Crippen LogP contribution >= 0.6 is 11.6 Å². The fourth-order valence-corrected chi connectivity index (χ4v) is 4.71. The average molecular weight is 408 g/mol. The van der Waals surface area contributed by atoms with E-state index >= 15 is 0 Å². The summed E-state index contributed by atoms with van der Waals surface area (Å²) in [5.74, 6) is -0.167. The predicted molar refractivity (Wildman–Crippen MR) is 106 cm³/mol. The summed E-state index contributed by atoms with van der Waals surface area (Å²) in [6, 6.07) is 13.9. The van der Waals surface area contributed by atoms with Gasteiger partial charge in [0.1, 0.15) is 0 Å². The number of hydrogen-bond acceptors (Lipinski definition) is 4. The van der Waals surface area contributed by atoms with Gasteiger partial charge in [0.15, 0.2) is 0 Å². The van der Waals surface area contributed by atoms with Gasteiger partial charge in [0.05, 0.1) is 22.2 Å². The van der Waals surface area contributed by atoms with Gasteiger partial charge in [-0.1, -0.05) is 35.9 Å². The second kappa shape index (κ2) is 8.39. The van der Waals surface area contributed by atoms with Crippen LogP contribution in [-0.4, -0.2) is 56.3 Å². The average Bonchev–Trinajstić information content (AvgIpc) is 2.65. The molecular weight excluding hydrogens is 386 g/mol. The Morgan fingerprint density at radius 3 is 2.37 bits per heavy atom. The number of rotatable bonds is 5. The molecule has 0 radical (unpaired) electrons. The molecule has 1 saturated heterocycles. The highest BCUT2D eigenvalue weighted by molar-refractivity contribution is 7.89. The first-order chi connectivity index (χ1) is 12.9. The number of amides is 1. The normalized spacial score (nSPS) is 16.2. The van der Waals surface area contributed by atoms with E-state index in [-0.39, 0.29) is 12.5 Å². The monoisotopic (exact) mass is 407 g/mol. The zero-order valence-corrected chi connectivity index (χ0v) is 16.6. The molecule has 1 N–H and O–H groups in total. The number of sulfonamides is 1. The molecule has 3 rings (SSSR count). The molecule has 1 amide bonds. The molecule has 8 heteroatoms. The third kappa shape index (κ3) is 4.87. The van der Waals surface area contributed by atoms with Crippen LogP contribution in [0.25, 0.3) is 0 Å². The first kappa shape index (κ1) is 19.8. The Morgan fingerprint density at radius 2 is 1.74 bits per heavy atom. The molecule has 1 fully saturated rings. The lowest BCUT2D eigenvalue weighted by atomic mass is 10.2. The first-order valence-electron chi connectivity index (χ1n) is 8.70. The van der Waals surface area contributed by atoms with E-state index in [0.717, 1.165) is 5.56 Å². The second-order valence-corrected chi connectivity index (χ2v) is 8.87. The fourth-order valence-electron chi connectivity index (χ4n) is 2.98. The van der Waals surface area contributed by atoms with Crippen molar-refractivity contribution in [2.75, 3.05) is 38.0 Å². The van der Waals surface area contributed by atoms with Crippen LogP contribution in [0.1, 0.15) is 5.56 Å². The Labute approximate surface area is 164 Å². The number of anilines is 1. The number of nitrogens with one attached hydrogen (secondary N) is 1. The lowest BCUT2D eigenvalue weighted by Crippen LogP contribution is -2.50. The van der Waals surface area contributed by atoms with E-state index < -0.39 is 10.0 Å². The Morgan fingerprint density at radius 1 is 1.07 bits per heavy atom. The topological polar surface area (TPSA) is 69.7 Å². The maximum atomic E-state index is 12.6. The van der Waals surface area contributed by atoms with E-state index in [1.54, 1.807) is 42.5 Å². The van der Waals surface area contributed by atoms with E-state index in [1.165, 1.54) is 4.31 Å². The summed E-state index contributed by atoms with van der Waals surface area (Å²) in [4.78, 5) is 14.5. The highest BCUT2D eigenvalue weighted by Gasteiger charge is 2.28. The van der Waals surface area contributed by atoms with Crippen molar-refractivity contribution in [2.24, 2.45) is 0 Å². The van der Waals surface area contributed by atoms with Crippen molar-refractivity contribution in [3.63, 3.8) is 0 Å². The van der Waals surface area contributed by atoms with Crippen molar-refractivity contribution in [3.8, 4) is 0 Å². The van der Waals surface area contributed by atoms with Crippen molar-refractivity contribution >= 4 is 33.2 Å². The SMILES string of the molecule is Cc1ccc(NC(=O)CN2CCN(S(=O)(=O)c3ccccc3)CC2)c(Cl)c1. The number of halogens is 1. The van der Waals surface area contributed by atoms with Crippen LogP contribution in [0.15, 0.2) is 53.4 Å². The van der Waals surface area contributed by atoms with Crippen LogP contribution < -0.4 is 5.32 Å². The highest BCUT2D eigenvalue weighted by atomic mass is 35.5. The molecule has 0 spiro atoms.